The van der Waals surface area contributed by atoms with E-state index in [9.17, 15) is 0 Å². The summed E-state index contributed by atoms with van der Waals surface area (Å²) in [6.45, 7) is 6.55. The van der Waals surface area contributed by atoms with E-state index < -0.39 is 0 Å². The standard InChI is InChI=1S/C14H18N2/c1-10-6-5-7-13(11(10)2)12(3)14-15-8-9-16(14)4/h5-9,12H,1-4H3/t12-/m1/s1. The number of hydrogen-bond donors (Lipinski definition) is 0. The molecule has 84 valence electrons. The largest absolute Gasteiger partial charge is 0.338 e. The van der Waals surface area contributed by atoms with E-state index in [1.807, 2.05) is 19.4 Å². The Labute approximate surface area is 97.0 Å². The number of benzene rings is 1. The Kier molecular flexibility index (Phi) is 2.82. The quantitative estimate of drug-likeness (QED) is 0.750. The molecule has 0 aliphatic carbocycles. The van der Waals surface area contributed by atoms with Crippen LogP contribution >= 0.6 is 0 Å². The lowest BCUT2D eigenvalue weighted by Gasteiger charge is -2.16. The minimum Gasteiger partial charge on any atom is -0.338 e. The third-order valence-corrected chi connectivity index (χ3v) is 3.36. The van der Waals surface area contributed by atoms with Crippen LogP contribution in [0, 0.1) is 13.8 Å². The van der Waals surface area contributed by atoms with Gasteiger partial charge in [0, 0.05) is 25.4 Å². The van der Waals surface area contributed by atoms with Crippen LogP contribution in [-0.2, 0) is 7.05 Å². The summed E-state index contributed by atoms with van der Waals surface area (Å²) in [6, 6.07) is 6.47. The Morgan fingerprint density at radius 2 is 2.00 bits per heavy atom. The lowest BCUT2D eigenvalue weighted by molar-refractivity contribution is 0.735. The summed E-state index contributed by atoms with van der Waals surface area (Å²) in [5.41, 5.74) is 4.09. The predicted molar refractivity (Wildman–Crippen MR) is 66.6 cm³/mol. The topological polar surface area (TPSA) is 17.8 Å². The molecule has 2 heteroatoms. The number of aryl methyl sites for hydroxylation is 2. The van der Waals surface area contributed by atoms with Crippen LogP contribution in [0.5, 0.6) is 0 Å². The van der Waals surface area contributed by atoms with Gasteiger partial charge < -0.3 is 4.57 Å². The first-order valence-electron chi connectivity index (χ1n) is 5.64. The highest BCUT2D eigenvalue weighted by molar-refractivity contribution is 5.37. The van der Waals surface area contributed by atoms with Gasteiger partial charge in [0.05, 0.1) is 0 Å². The monoisotopic (exact) mass is 214 g/mol. The van der Waals surface area contributed by atoms with Gasteiger partial charge >= 0.3 is 0 Å². The molecule has 0 spiro atoms. The second-order valence-corrected chi connectivity index (χ2v) is 4.41. The number of rotatable bonds is 2. The zero-order valence-corrected chi connectivity index (χ0v) is 10.4. The lowest BCUT2D eigenvalue weighted by Crippen LogP contribution is -2.06. The van der Waals surface area contributed by atoms with E-state index in [0.29, 0.717) is 5.92 Å². The van der Waals surface area contributed by atoms with Crippen LogP contribution in [0.4, 0.5) is 0 Å². The molecule has 1 atom stereocenters. The molecule has 2 aromatic rings. The van der Waals surface area contributed by atoms with Gasteiger partial charge in [-0.25, -0.2) is 4.98 Å². The first-order chi connectivity index (χ1) is 7.61. The summed E-state index contributed by atoms with van der Waals surface area (Å²) in [5, 5.41) is 0. The van der Waals surface area contributed by atoms with Crippen LogP contribution in [-0.4, -0.2) is 9.55 Å². The number of aromatic nitrogens is 2. The number of imidazole rings is 1. The van der Waals surface area contributed by atoms with Crippen LogP contribution < -0.4 is 0 Å². The maximum atomic E-state index is 4.43. The van der Waals surface area contributed by atoms with Gasteiger partial charge in [0.15, 0.2) is 0 Å². The molecule has 1 aromatic heterocycles. The fourth-order valence-corrected chi connectivity index (χ4v) is 2.18. The van der Waals surface area contributed by atoms with Gasteiger partial charge in [-0.15, -0.1) is 0 Å². The van der Waals surface area contributed by atoms with E-state index >= 15 is 0 Å². The molecule has 0 radical (unpaired) electrons. The van der Waals surface area contributed by atoms with Crippen molar-refractivity contribution in [3.05, 3.63) is 53.1 Å². The molecule has 0 amide bonds. The number of nitrogens with zero attached hydrogens (tertiary/aromatic N) is 2. The Hall–Kier alpha value is -1.57. The van der Waals surface area contributed by atoms with Crippen molar-refractivity contribution in [3.8, 4) is 0 Å². The first kappa shape index (κ1) is 10.9. The minimum atomic E-state index is 0.347. The maximum Gasteiger partial charge on any atom is 0.115 e. The zero-order valence-electron chi connectivity index (χ0n) is 10.4. The summed E-state index contributed by atoms with van der Waals surface area (Å²) in [5.74, 6) is 1.47. The van der Waals surface area contributed by atoms with Crippen LogP contribution in [0.15, 0.2) is 30.6 Å². The van der Waals surface area contributed by atoms with Crippen molar-refractivity contribution in [1.82, 2.24) is 9.55 Å². The molecule has 0 fully saturated rings. The average Bonchev–Trinajstić information content (AvgIpc) is 2.68. The van der Waals surface area contributed by atoms with E-state index in [1.54, 1.807) is 0 Å². The first-order valence-corrected chi connectivity index (χ1v) is 5.64. The van der Waals surface area contributed by atoms with Crippen molar-refractivity contribution in [2.45, 2.75) is 26.7 Å². The maximum absolute atomic E-state index is 4.43. The van der Waals surface area contributed by atoms with Crippen molar-refractivity contribution in [1.29, 1.82) is 0 Å². The smallest absolute Gasteiger partial charge is 0.115 e. The molecule has 16 heavy (non-hydrogen) atoms. The second-order valence-electron chi connectivity index (χ2n) is 4.41. The van der Waals surface area contributed by atoms with E-state index in [1.165, 1.54) is 16.7 Å². The highest BCUT2D eigenvalue weighted by Crippen LogP contribution is 2.26. The average molecular weight is 214 g/mol. The fourth-order valence-electron chi connectivity index (χ4n) is 2.18. The third kappa shape index (κ3) is 1.75. The number of hydrogen-bond acceptors (Lipinski definition) is 1. The molecule has 2 rings (SSSR count). The summed E-state index contributed by atoms with van der Waals surface area (Å²) >= 11 is 0. The van der Waals surface area contributed by atoms with Crippen LogP contribution in [0.3, 0.4) is 0 Å². The molecule has 0 N–H and O–H groups in total. The molecular weight excluding hydrogens is 196 g/mol. The minimum absolute atomic E-state index is 0.347. The van der Waals surface area contributed by atoms with E-state index in [0.717, 1.165) is 5.82 Å². The zero-order chi connectivity index (χ0) is 11.7. The Balaban J connectivity index is 2.46. The van der Waals surface area contributed by atoms with E-state index in [4.69, 9.17) is 0 Å². The fraction of sp³-hybridized carbons (Fsp3) is 0.357. The van der Waals surface area contributed by atoms with Gasteiger partial charge in [-0.2, -0.15) is 0 Å². The predicted octanol–water partition coefficient (Wildman–Crippen LogP) is 3.19. The van der Waals surface area contributed by atoms with Gasteiger partial charge in [0.25, 0.3) is 0 Å². The highest BCUT2D eigenvalue weighted by Gasteiger charge is 2.15. The highest BCUT2D eigenvalue weighted by atomic mass is 15.0. The molecule has 1 aromatic carbocycles. The summed E-state index contributed by atoms with van der Waals surface area (Å²) in [4.78, 5) is 4.43. The Morgan fingerprint density at radius 1 is 1.25 bits per heavy atom. The van der Waals surface area contributed by atoms with Crippen LogP contribution in [0.25, 0.3) is 0 Å². The molecule has 0 aliphatic rings. The molecule has 0 saturated heterocycles. The molecular formula is C14H18N2. The van der Waals surface area contributed by atoms with E-state index in [-0.39, 0.29) is 0 Å². The Morgan fingerprint density at radius 3 is 2.62 bits per heavy atom. The summed E-state index contributed by atoms with van der Waals surface area (Å²) in [6.07, 6.45) is 3.86. The SMILES string of the molecule is Cc1cccc([C@@H](C)c2nccn2C)c1C. The molecule has 1 heterocycles. The van der Waals surface area contributed by atoms with Crippen molar-refractivity contribution in [2.75, 3.05) is 0 Å². The lowest BCUT2D eigenvalue weighted by atomic mass is 9.93. The summed E-state index contributed by atoms with van der Waals surface area (Å²) in [7, 11) is 2.05. The van der Waals surface area contributed by atoms with Gasteiger partial charge in [-0.1, -0.05) is 25.1 Å². The normalized spacial score (nSPS) is 12.8. The van der Waals surface area contributed by atoms with Gasteiger partial charge in [-0.05, 0) is 30.5 Å². The van der Waals surface area contributed by atoms with Crippen molar-refractivity contribution < 1.29 is 0 Å². The van der Waals surface area contributed by atoms with E-state index in [2.05, 4.69) is 48.5 Å². The van der Waals surface area contributed by atoms with Crippen molar-refractivity contribution in [2.24, 2.45) is 7.05 Å². The van der Waals surface area contributed by atoms with Crippen molar-refractivity contribution in [3.63, 3.8) is 0 Å². The van der Waals surface area contributed by atoms with Crippen LogP contribution in [0.1, 0.15) is 35.4 Å². The van der Waals surface area contributed by atoms with Crippen molar-refractivity contribution >= 4 is 0 Å². The molecule has 0 aliphatic heterocycles. The molecule has 0 saturated carbocycles. The van der Waals surface area contributed by atoms with Gasteiger partial charge in [-0.3, -0.25) is 0 Å². The second kappa shape index (κ2) is 4.12. The Bertz CT molecular complexity index is 497. The molecule has 0 bridgehead atoms. The molecule has 0 unspecified atom stereocenters. The third-order valence-electron chi connectivity index (χ3n) is 3.36. The van der Waals surface area contributed by atoms with Gasteiger partial charge in [0.2, 0.25) is 0 Å². The summed E-state index contributed by atoms with van der Waals surface area (Å²) < 4.78 is 2.09. The molecule has 2 nitrogen and oxygen atoms in total. The van der Waals surface area contributed by atoms with Crippen LogP contribution in [0.2, 0.25) is 0 Å². The van der Waals surface area contributed by atoms with Gasteiger partial charge in [0.1, 0.15) is 5.82 Å².